The first-order valence-electron chi connectivity index (χ1n) is 10.5. The minimum atomic E-state index is -0.579. The monoisotopic (exact) mass is 494 g/mol. The van der Waals surface area contributed by atoms with Crippen LogP contribution in [0, 0.1) is 11.6 Å². The van der Waals surface area contributed by atoms with Gasteiger partial charge in [-0.05, 0) is 48.0 Å². The molecule has 0 unspecified atom stereocenters. The topological polar surface area (TPSA) is 68.7 Å². The normalized spacial score (nSPS) is 10.6. The molecule has 0 aliphatic heterocycles. The number of esters is 1. The van der Waals surface area contributed by atoms with Crippen molar-refractivity contribution in [1.29, 1.82) is 0 Å². The van der Waals surface area contributed by atoms with Crippen molar-refractivity contribution < 1.29 is 27.8 Å². The van der Waals surface area contributed by atoms with Gasteiger partial charge in [0.1, 0.15) is 30.6 Å². The van der Waals surface area contributed by atoms with E-state index in [4.69, 9.17) is 9.47 Å². The SMILES string of the molecule is CC(=O)N(c1nc(COC(=O)c2cccc(OCc3ccc(F)cc3)c2)cs1)c1ccccc1F. The maximum absolute atomic E-state index is 14.2. The van der Waals surface area contributed by atoms with Crippen LogP contribution >= 0.6 is 11.3 Å². The fourth-order valence-electron chi connectivity index (χ4n) is 3.19. The average Bonchev–Trinajstić information content (AvgIpc) is 3.32. The number of halogens is 2. The van der Waals surface area contributed by atoms with Gasteiger partial charge in [-0.15, -0.1) is 11.3 Å². The van der Waals surface area contributed by atoms with E-state index in [0.717, 1.165) is 16.9 Å². The number of aromatic nitrogens is 1. The zero-order valence-corrected chi connectivity index (χ0v) is 19.4. The van der Waals surface area contributed by atoms with Gasteiger partial charge in [0.15, 0.2) is 5.13 Å². The predicted molar refractivity (Wildman–Crippen MR) is 128 cm³/mol. The van der Waals surface area contributed by atoms with Gasteiger partial charge in [0.25, 0.3) is 0 Å². The van der Waals surface area contributed by atoms with Crippen LogP contribution < -0.4 is 9.64 Å². The lowest BCUT2D eigenvalue weighted by atomic mass is 10.2. The Labute approximate surface area is 204 Å². The number of rotatable bonds is 8. The van der Waals surface area contributed by atoms with Crippen molar-refractivity contribution in [3.8, 4) is 5.75 Å². The first-order chi connectivity index (χ1) is 16.9. The summed E-state index contributed by atoms with van der Waals surface area (Å²) < 4.78 is 38.3. The zero-order chi connectivity index (χ0) is 24.8. The van der Waals surface area contributed by atoms with E-state index >= 15 is 0 Å². The Morgan fingerprint density at radius 3 is 2.49 bits per heavy atom. The lowest BCUT2D eigenvalue weighted by Crippen LogP contribution is -2.23. The number of ether oxygens (including phenoxy) is 2. The number of carbonyl (C=O) groups excluding carboxylic acids is 2. The highest BCUT2D eigenvalue weighted by Gasteiger charge is 2.21. The fraction of sp³-hybridized carbons (Fsp3) is 0.115. The Morgan fingerprint density at radius 2 is 1.74 bits per heavy atom. The Balaban J connectivity index is 1.38. The Hall–Kier alpha value is -4.11. The van der Waals surface area contributed by atoms with Crippen LogP contribution in [-0.2, 0) is 22.7 Å². The third-order valence-electron chi connectivity index (χ3n) is 4.88. The molecule has 0 bridgehead atoms. The van der Waals surface area contributed by atoms with Crippen molar-refractivity contribution in [1.82, 2.24) is 4.98 Å². The molecule has 178 valence electrons. The molecular formula is C26H20F2N2O4S. The van der Waals surface area contributed by atoms with E-state index in [1.165, 1.54) is 42.2 Å². The zero-order valence-electron chi connectivity index (χ0n) is 18.6. The summed E-state index contributed by atoms with van der Waals surface area (Å²) in [5.41, 5.74) is 1.59. The highest BCUT2D eigenvalue weighted by molar-refractivity contribution is 7.14. The molecule has 1 amide bonds. The van der Waals surface area contributed by atoms with E-state index in [9.17, 15) is 18.4 Å². The molecule has 0 radical (unpaired) electrons. The van der Waals surface area contributed by atoms with Crippen LogP contribution in [0.15, 0.2) is 78.2 Å². The Morgan fingerprint density at radius 1 is 0.971 bits per heavy atom. The molecule has 0 aliphatic rings. The van der Waals surface area contributed by atoms with Gasteiger partial charge in [0.2, 0.25) is 5.91 Å². The summed E-state index contributed by atoms with van der Waals surface area (Å²) in [6.45, 7) is 1.41. The van der Waals surface area contributed by atoms with Gasteiger partial charge in [0.05, 0.1) is 16.9 Å². The number of amides is 1. The largest absolute Gasteiger partial charge is 0.489 e. The van der Waals surface area contributed by atoms with Crippen molar-refractivity contribution in [3.63, 3.8) is 0 Å². The second-order valence-electron chi connectivity index (χ2n) is 7.45. The summed E-state index contributed by atoms with van der Waals surface area (Å²) in [5.74, 6) is -1.39. The van der Waals surface area contributed by atoms with Crippen LogP contribution in [0.25, 0.3) is 0 Å². The molecule has 0 N–H and O–H groups in total. The van der Waals surface area contributed by atoms with Crippen molar-refractivity contribution in [2.24, 2.45) is 0 Å². The van der Waals surface area contributed by atoms with Crippen molar-refractivity contribution in [3.05, 3.63) is 107 Å². The van der Waals surface area contributed by atoms with Crippen LogP contribution in [0.1, 0.15) is 28.5 Å². The van der Waals surface area contributed by atoms with E-state index in [-0.39, 0.29) is 35.4 Å². The number of carbonyl (C=O) groups is 2. The van der Waals surface area contributed by atoms with E-state index in [0.29, 0.717) is 11.4 Å². The second-order valence-corrected chi connectivity index (χ2v) is 8.28. The molecule has 9 heteroatoms. The maximum Gasteiger partial charge on any atom is 0.338 e. The predicted octanol–water partition coefficient (Wildman–Crippen LogP) is 6.04. The molecule has 35 heavy (non-hydrogen) atoms. The number of thiazole rings is 1. The highest BCUT2D eigenvalue weighted by Crippen LogP contribution is 2.31. The number of para-hydroxylation sites is 1. The van der Waals surface area contributed by atoms with E-state index in [1.54, 1.807) is 47.8 Å². The Bertz CT molecular complexity index is 1340. The minimum Gasteiger partial charge on any atom is -0.489 e. The molecular weight excluding hydrogens is 474 g/mol. The molecule has 4 aromatic rings. The van der Waals surface area contributed by atoms with Gasteiger partial charge in [-0.3, -0.25) is 9.69 Å². The lowest BCUT2D eigenvalue weighted by molar-refractivity contribution is -0.115. The molecule has 1 heterocycles. The average molecular weight is 495 g/mol. The van der Waals surface area contributed by atoms with Gasteiger partial charge in [-0.1, -0.05) is 30.3 Å². The first-order valence-corrected chi connectivity index (χ1v) is 11.4. The molecule has 6 nitrogen and oxygen atoms in total. The van der Waals surface area contributed by atoms with Gasteiger partial charge >= 0.3 is 5.97 Å². The first kappa shape index (κ1) is 24.0. The third kappa shape index (κ3) is 6.07. The van der Waals surface area contributed by atoms with Gasteiger partial charge in [-0.25, -0.2) is 18.6 Å². The van der Waals surface area contributed by atoms with Crippen molar-refractivity contribution in [2.45, 2.75) is 20.1 Å². The van der Waals surface area contributed by atoms with Crippen LogP contribution in [0.3, 0.4) is 0 Å². The Kier molecular flexibility index (Phi) is 7.47. The molecule has 0 saturated carbocycles. The molecule has 0 saturated heterocycles. The van der Waals surface area contributed by atoms with Gasteiger partial charge < -0.3 is 9.47 Å². The molecule has 3 aromatic carbocycles. The summed E-state index contributed by atoms with van der Waals surface area (Å²) >= 11 is 1.14. The molecule has 1 aromatic heterocycles. The minimum absolute atomic E-state index is 0.0929. The molecule has 0 atom stereocenters. The van der Waals surface area contributed by atoms with Crippen LogP contribution in [-0.4, -0.2) is 16.9 Å². The summed E-state index contributed by atoms with van der Waals surface area (Å²) in [7, 11) is 0. The smallest absolute Gasteiger partial charge is 0.338 e. The lowest BCUT2D eigenvalue weighted by Gasteiger charge is -2.18. The number of benzene rings is 3. The number of anilines is 2. The molecule has 0 aliphatic carbocycles. The van der Waals surface area contributed by atoms with E-state index < -0.39 is 17.7 Å². The van der Waals surface area contributed by atoms with Crippen LogP contribution in [0.4, 0.5) is 19.6 Å². The van der Waals surface area contributed by atoms with Crippen LogP contribution in [0.2, 0.25) is 0 Å². The quantitative estimate of drug-likeness (QED) is 0.279. The summed E-state index contributed by atoms with van der Waals surface area (Å²) in [4.78, 5) is 30.2. The maximum atomic E-state index is 14.2. The number of nitrogens with zero attached hydrogens (tertiary/aromatic N) is 2. The summed E-state index contributed by atoms with van der Waals surface area (Å²) in [5, 5.41) is 1.91. The van der Waals surface area contributed by atoms with Gasteiger partial charge in [0, 0.05) is 12.3 Å². The number of hydrogen-bond donors (Lipinski definition) is 0. The number of hydrogen-bond acceptors (Lipinski definition) is 6. The molecule has 4 rings (SSSR count). The fourth-order valence-corrected chi connectivity index (χ4v) is 4.05. The third-order valence-corrected chi connectivity index (χ3v) is 5.75. The molecule has 0 fully saturated rings. The van der Waals surface area contributed by atoms with E-state index in [1.807, 2.05) is 0 Å². The standard InChI is InChI=1S/C26H20F2N2O4S/c1-17(31)30(24-8-3-2-7-23(24)28)26-29-21(16-35-26)15-34-25(32)19-5-4-6-22(13-19)33-14-18-9-11-20(27)12-10-18/h2-13,16H,14-15H2,1H3. The van der Waals surface area contributed by atoms with Crippen molar-refractivity contribution >= 4 is 34.0 Å². The van der Waals surface area contributed by atoms with E-state index in [2.05, 4.69) is 4.98 Å². The summed E-state index contributed by atoms with van der Waals surface area (Å²) in [6.07, 6.45) is 0. The van der Waals surface area contributed by atoms with Crippen LogP contribution in [0.5, 0.6) is 5.75 Å². The van der Waals surface area contributed by atoms with Gasteiger partial charge in [-0.2, -0.15) is 0 Å². The highest BCUT2D eigenvalue weighted by atomic mass is 32.1. The van der Waals surface area contributed by atoms with Crippen molar-refractivity contribution in [2.75, 3.05) is 4.90 Å². The molecule has 0 spiro atoms. The summed E-state index contributed by atoms with van der Waals surface area (Å²) in [6, 6.07) is 18.4. The second kappa shape index (κ2) is 10.9.